The van der Waals surface area contributed by atoms with E-state index in [0.29, 0.717) is 29.7 Å². The first kappa shape index (κ1) is 70.8. The number of carbonyl (C=O) groups is 2. The molecule has 18 nitrogen and oxygen atoms in total. The van der Waals surface area contributed by atoms with Gasteiger partial charge < -0.3 is 18.9 Å². The Hall–Kier alpha value is -8.06. The zero-order valence-electron chi connectivity index (χ0n) is 53.6. The summed E-state index contributed by atoms with van der Waals surface area (Å²) in [5.74, 6) is -0.704. The summed E-state index contributed by atoms with van der Waals surface area (Å²) in [6.45, 7) is 22.9. The molecule has 0 radical (unpaired) electrons. The highest BCUT2D eigenvalue weighted by Gasteiger charge is 2.48. The molecule has 0 aliphatic carbocycles. The van der Waals surface area contributed by atoms with Crippen LogP contribution < -0.4 is 18.9 Å². The molecule has 4 N–H and O–H groups in total. The molecule has 0 fully saturated rings. The van der Waals surface area contributed by atoms with E-state index in [1.165, 1.54) is 48.5 Å². The smallest absolute Gasteiger partial charge is 0.298 e. The van der Waals surface area contributed by atoms with Gasteiger partial charge in [-0.15, -0.1) is 0 Å². The van der Waals surface area contributed by atoms with Crippen LogP contribution in [0.3, 0.4) is 0 Å². The van der Waals surface area contributed by atoms with Crippen molar-refractivity contribution in [1.82, 2.24) is 0 Å². The standard InChI is InChI=1S/C71H76O18S4/c1-13-67(5,6)57-37-21-47(41-61(57)90(74,75)76)65(72)49-23-39-59(63(43-49)92(80,81)82)86-53-29-17-45(18-30-53)46-19-31-56(32-20-46)89-71(12,16-4)70(11,15-3)58-38-22-48(42-62(58)91(77,78)79)66(73)50-24-40-60(64(44-50)93(83,84)85)87-54-33-25-51(26-34-54)69(9,10)52-27-35-55(36-28-52)88-68(7,8)14-2/h17-44H,13-16H2,1-12H3,(H,74,75,76)(H,77,78,79)(H,80,81,82)(H,83,84,85). The molecule has 0 bridgehead atoms. The molecule has 2 unspecified atom stereocenters. The topological polar surface area (TPSA) is 289 Å². The molecule has 8 rings (SSSR count). The molecule has 0 heterocycles. The second-order valence-corrected chi connectivity index (χ2v) is 30.6. The minimum Gasteiger partial charge on any atom is -0.488 e. The van der Waals surface area contributed by atoms with Crippen LogP contribution in [-0.2, 0) is 56.7 Å². The predicted molar refractivity (Wildman–Crippen MR) is 354 cm³/mol. The zero-order valence-corrected chi connectivity index (χ0v) is 56.9. The largest absolute Gasteiger partial charge is 0.488 e. The molecule has 93 heavy (non-hydrogen) atoms. The van der Waals surface area contributed by atoms with Gasteiger partial charge in [0, 0.05) is 33.1 Å². The summed E-state index contributed by atoms with van der Waals surface area (Å²) in [6.07, 6.45) is 1.92. The maximum atomic E-state index is 14.2. The third-order valence-electron chi connectivity index (χ3n) is 18.0. The van der Waals surface area contributed by atoms with E-state index in [4.69, 9.17) is 18.9 Å². The quantitative estimate of drug-likeness (QED) is 0.0289. The SMILES string of the molecule is CCC(C)(C)Oc1ccc(C(C)(C)c2ccc(Oc3ccc(C(=O)c4ccc(C(C)(CC)C(C)(CC)Oc5ccc(-c6ccc(Oc7ccc(C(=O)c8ccc(C(C)(C)CC)c(S(=O)(=O)O)c8)cc7S(=O)(=O)O)cc6)cc5)c(S(=O)(=O)O)c4)cc3S(=O)(=O)O)cc2)cc1. The Kier molecular flexibility index (Phi) is 20.1. The van der Waals surface area contributed by atoms with Crippen LogP contribution in [0.4, 0.5) is 0 Å². The first-order chi connectivity index (χ1) is 43.2. The highest BCUT2D eigenvalue weighted by molar-refractivity contribution is 7.86. The third-order valence-corrected chi connectivity index (χ3v) is 21.5. The highest BCUT2D eigenvalue weighted by atomic mass is 32.2. The fourth-order valence-electron chi connectivity index (χ4n) is 11.0. The van der Waals surface area contributed by atoms with E-state index in [-0.39, 0.29) is 68.4 Å². The second-order valence-electron chi connectivity index (χ2n) is 25.1. The summed E-state index contributed by atoms with van der Waals surface area (Å²) < 4.78 is 169. The summed E-state index contributed by atoms with van der Waals surface area (Å²) in [7, 11) is -19.8. The number of benzene rings is 8. The Morgan fingerprint density at radius 1 is 0.366 bits per heavy atom. The molecule has 8 aromatic carbocycles. The Morgan fingerprint density at radius 2 is 0.699 bits per heavy atom. The molecule has 8 aromatic rings. The van der Waals surface area contributed by atoms with E-state index in [9.17, 15) is 61.5 Å². The van der Waals surface area contributed by atoms with Crippen LogP contribution in [0, 0.1) is 0 Å². The summed E-state index contributed by atoms with van der Waals surface area (Å²) >= 11 is 0. The number of ether oxygens (including phenoxy) is 4. The normalized spacial score (nSPS) is 13.9. The Labute approximate surface area is 545 Å². The predicted octanol–water partition coefficient (Wildman–Crippen LogP) is 15.9. The number of hydrogen-bond donors (Lipinski definition) is 4. The van der Waals surface area contributed by atoms with Gasteiger partial charge in [0.1, 0.15) is 55.5 Å². The lowest BCUT2D eigenvalue weighted by molar-refractivity contribution is 0.00173. The van der Waals surface area contributed by atoms with E-state index in [0.717, 1.165) is 47.6 Å². The summed E-state index contributed by atoms with van der Waals surface area (Å²) in [6, 6.07) is 42.6. The van der Waals surface area contributed by atoms with Gasteiger partial charge in [0.15, 0.2) is 11.6 Å². The van der Waals surface area contributed by atoms with Gasteiger partial charge in [-0.1, -0.05) is 135 Å². The van der Waals surface area contributed by atoms with E-state index in [1.807, 2.05) is 71.0 Å². The molecule has 0 amide bonds. The Morgan fingerprint density at radius 3 is 1.06 bits per heavy atom. The van der Waals surface area contributed by atoms with E-state index >= 15 is 0 Å². The van der Waals surface area contributed by atoms with Crippen LogP contribution in [0.15, 0.2) is 189 Å². The van der Waals surface area contributed by atoms with Crippen molar-refractivity contribution < 1.29 is 80.4 Å². The van der Waals surface area contributed by atoms with Gasteiger partial charge in [-0.3, -0.25) is 27.8 Å². The van der Waals surface area contributed by atoms with Gasteiger partial charge >= 0.3 is 0 Å². The summed E-state index contributed by atoms with van der Waals surface area (Å²) in [5.41, 5.74) is -0.933. The van der Waals surface area contributed by atoms with Crippen molar-refractivity contribution in [3.8, 4) is 45.6 Å². The number of carbonyl (C=O) groups excluding carboxylic acids is 2. The maximum absolute atomic E-state index is 14.2. The molecule has 0 spiro atoms. The molecule has 492 valence electrons. The molecule has 0 aromatic heterocycles. The molecule has 0 aliphatic heterocycles. The van der Waals surface area contributed by atoms with Crippen molar-refractivity contribution in [1.29, 1.82) is 0 Å². The maximum Gasteiger partial charge on any atom is 0.298 e. The molecule has 0 aliphatic rings. The van der Waals surface area contributed by atoms with Crippen LogP contribution in [0.1, 0.15) is 163 Å². The zero-order chi connectivity index (χ0) is 68.7. The number of rotatable bonds is 26. The van der Waals surface area contributed by atoms with Crippen LogP contribution in [0.2, 0.25) is 0 Å². The van der Waals surface area contributed by atoms with Crippen LogP contribution in [0.5, 0.6) is 34.5 Å². The van der Waals surface area contributed by atoms with E-state index < -0.39 is 93.5 Å². The highest BCUT2D eigenvalue weighted by Crippen LogP contribution is 2.47. The van der Waals surface area contributed by atoms with Crippen LogP contribution in [0.25, 0.3) is 11.1 Å². The summed E-state index contributed by atoms with van der Waals surface area (Å²) in [4.78, 5) is 25.4. The van der Waals surface area contributed by atoms with Gasteiger partial charge in [-0.2, -0.15) is 33.7 Å². The molecular formula is C71H76O18S4. The number of hydrogen-bond acceptors (Lipinski definition) is 14. The summed E-state index contributed by atoms with van der Waals surface area (Å²) in [5, 5.41) is 0. The number of ketones is 2. The van der Waals surface area contributed by atoms with Crippen molar-refractivity contribution >= 4 is 52.0 Å². The average Bonchev–Trinajstić information content (AvgIpc) is 0.760. The Balaban J connectivity index is 0.981. The molecule has 0 saturated heterocycles. The molecular weight excluding hydrogens is 1270 g/mol. The minimum atomic E-state index is -5.06. The molecule has 2 atom stereocenters. The van der Waals surface area contributed by atoms with Crippen molar-refractivity contribution in [2.75, 3.05) is 0 Å². The monoisotopic (exact) mass is 1340 g/mol. The van der Waals surface area contributed by atoms with Crippen molar-refractivity contribution in [2.24, 2.45) is 0 Å². The van der Waals surface area contributed by atoms with E-state index in [1.54, 1.807) is 88.4 Å². The third kappa shape index (κ3) is 15.5. The van der Waals surface area contributed by atoms with Gasteiger partial charge in [0.25, 0.3) is 40.5 Å². The van der Waals surface area contributed by atoms with Crippen molar-refractivity contribution in [3.05, 3.63) is 214 Å². The van der Waals surface area contributed by atoms with Gasteiger partial charge in [0.05, 0.1) is 9.79 Å². The molecule has 22 heteroatoms. The Bertz CT molecular complexity index is 4620. The van der Waals surface area contributed by atoms with Crippen molar-refractivity contribution in [3.63, 3.8) is 0 Å². The van der Waals surface area contributed by atoms with Gasteiger partial charge in [-0.05, 0) is 182 Å². The lowest BCUT2D eigenvalue weighted by Gasteiger charge is -2.46. The minimum absolute atomic E-state index is 0.130. The molecule has 0 saturated carbocycles. The van der Waals surface area contributed by atoms with Crippen LogP contribution >= 0.6 is 0 Å². The fourth-order valence-corrected chi connectivity index (χ4v) is 14.0. The van der Waals surface area contributed by atoms with Gasteiger partial charge in [-0.25, -0.2) is 0 Å². The first-order valence-electron chi connectivity index (χ1n) is 29.9. The van der Waals surface area contributed by atoms with Gasteiger partial charge in [0.2, 0.25) is 0 Å². The lowest BCUT2D eigenvalue weighted by atomic mass is 9.66. The lowest BCUT2D eigenvalue weighted by Crippen LogP contribution is -2.51. The average molecular weight is 1350 g/mol. The fraction of sp³-hybridized carbons (Fsp3) is 0.296. The van der Waals surface area contributed by atoms with E-state index in [2.05, 4.69) is 20.8 Å². The van der Waals surface area contributed by atoms with Crippen LogP contribution in [-0.4, -0.2) is 74.7 Å². The first-order valence-corrected chi connectivity index (χ1v) is 35.7. The second kappa shape index (κ2) is 26.4. The van der Waals surface area contributed by atoms with Crippen molar-refractivity contribution in [2.45, 2.75) is 156 Å².